The Morgan fingerprint density at radius 2 is 1.86 bits per heavy atom. The summed E-state index contributed by atoms with van der Waals surface area (Å²) < 4.78 is 33.8. The number of nitrogens with one attached hydrogen (secondary N) is 1. The summed E-state index contributed by atoms with van der Waals surface area (Å²) in [6.07, 6.45) is 2.18. The molecular formula is C20H17BrN2O4S. The first-order valence-corrected chi connectivity index (χ1v) is 10.9. The lowest BCUT2D eigenvalue weighted by Crippen LogP contribution is -2.35. The number of fused-ring (bicyclic) bond motifs is 1. The molecule has 144 valence electrons. The van der Waals surface area contributed by atoms with Gasteiger partial charge in [0.1, 0.15) is 0 Å². The zero-order chi connectivity index (χ0) is 19.7. The SMILES string of the molecule is O=C(c1ccco1)N1CCc2ccc(NS(=O)(=O)c3ccc(Br)cc3)cc2C1. The minimum atomic E-state index is -3.69. The van der Waals surface area contributed by atoms with Crippen LogP contribution in [-0.4, -0.2) is 25.8 Å². The molecule has 0 saturated heterocycles. The van der Waals surface area contributed by atoms with Gasteiger partial charge >= 0.3 is 0 Å². The molecular weight excluding hydrogens is 444 g/mol. The highest BCUT2D eigenvalue weighted by atomic mass is 79.9. The van der Waals surface area contributed by atoms with Gasteiger partial charge in [0, 0.05) is 23.2 Å². The van der Waals surface area contributed by atoms with Gasteiger partial charge in [0.25, 0.3) is 15.9 Å². The molecule has 0 aliphatic carbocycles. The van der Waals surface area contributed by atoms with Gasteiger partial charge in [-0.15, -0.1) is 0 Å². The van der Waals surface area contributed by atoms with Crippen LogP contribution in [0.3, 0.4) is 0 Å². The zero-order valence-electron chi connectivity index (χ0n) is 14.8. The molecule has 1 N–H and O–H groups in total. The minimum absolute atomic E-state index is 0.170. The molecule has 1 aliphatic heterocycles. The molecule has 4 rings (SSSR count). The van der Waals surface area contributed by atoms with Crippen LogP contribution in [-0.2, 0) is 23.0 Å². The Morgan fingerprint density at radius 3 is 2.57 bits per heavy atom. The highest BCUT2D eigenvalue weighted by Gasteiger charge is 2.24. The number of sulfonamides is 1. The first kappa shape index (κ1) is 18.8. The van der Waals surface area contributed by atoms with Gasteiger partial charge in [0.15, 0.2) is 5.76 Å². The molecule has 2 aromatic carbocycles. The molecule has 8 heteroatoms. The van der Waals surface area contributed by atoms with Gasteiger partial charge in [-0.25, -0.2) is 8.42 Å². The Hall–Kier alpha value is -2.58. The molecule has 6 nitrogen and oxygen atoms in total. The summed E-state index contributed by atoms with van der Waals surface area (Å²) in [5.41, 5.74) is 2.49. The maximum Gasteiger partial charge on any atom is 0.289 e. The van der Waals surface area contributed by atoms with Gasteiger partial charge in [-0.3, -0.25) is 9.52 Å². The lowest BCUT2D eigenvalue weighted by Gasteiger charge is -2.28. The Morgan fingerprint density at radius 1 is 1.07 bits per heavy atom. The predicted octanol–water partition coefficient (Wildman–Crippen LogP) is 4.04. The Balaban J connectivity index is 1.55. The van der Waals surface area contributed by atoms with Gasteiger partial charge in [-0.05, 0) is 66.1 Å². The van der Waals surface area contributed by atoms with Crippen molar-refractivity contribution in [3.05, 3.63) is 82.2 Å². The van der Waals surface area contributed by atoms with Crippen LogP contribution in [0.1, 0.15) is 21.7 Å². The van der Waals surface area contributed by atoms with E-state index in [1.807, 2.05) is 6.07 Å². The lowest BCUT2D eigenvalue weighted by molar-refractivity contribution is 0.0702. The molecule has 0 bridgehead atoms. The largest absolute Gasteiger partial charge is 0.459 e. The molecule has 1 amide bonds. The van der Waals surface area contributed by atoms with E-state index in [1.165, 1.54) is 18.4 Å². The fraction of sp³-hybridized carbons (Fsp3) is 0.150. The average molecular weight is 461 g/mol. The van der Waals surface area contributed by atoms with E-state index in [0.29, 0.717) is 31.0 Å². The molecule has 0 fully saturated rings. The van der Waals surface area contributed by atoms with Crippen molar-refractivity contribution in [3.63, 3.8) is 0 Å². The van der Waals surface area contributed by atoms with Crippen LogP contribution in [0.5, 0.6) is 0 Å². The van der Waals surface area contributed by atoms with Crippen LogP contribution in [0.4, 0.5) is 5.69 Å². The number of amides is 1. The summed E-state index contributed by atoms with van der Waals surface area (Å²) in [5.74, 6) is 0.132. The topological polar surface area (TPSA) is 79.6 Å². The summed E-state index contributed by atoms with van der Waals surface area (Å²) in [6.45, 7) is 0.999. The van der Waals surface area contributed by atoms with Crippen molar-refractivity contribution in [3.8, 4) is 0 Å². The number of carbonyl (C=O) groups excluding carboxylic acids is 1. The molecule has 2 heterocycles. The van der Waals surface area contributed by atoms with Crippen LogP contribution >= 0.6 is 15.9 Å². The van der Waals surface area contributed by atoms with Crippen LogP contribution in [0.25, 0.3) is 0 Å². The van der Waals surface area contributed by atoms with Crippen molar-refractivity contribution in [1.29, 1.82) is 0 Å². The van der Waals surface area contributed by atoms with Crippen LogP contribution < -0.4 is 4.72 Å². The van der Waals surface area contributed by atoms with Gasteiger partial charge in [-0.2, -0.15) is 0 Å². The summed E-state index contributed by atoms with van der Waals surface area (Å²) in [4.78, 5) is 14.4. The Kier molecular flexibility index (Phi) is 4.99. The van der Waals surface area contributed by atoms with Crippen LogP contribution in [0, 0.1) is 0 Å². The van der Waals surface area contributed by atoms with E-state index in [9.17, 15) is 13.2 Å². The highest BCUT2D eigenvalue weighted by molar-refractivity contribution is 9.10. The molecule has 3 aromatic rings. The molecule has 0 radical (unpaired) electrons. The summed E-state index contributed by atoms with van der Waals surface area (Å²) in [5, 5.41) is 0. The second-order valence-corrected chi connectivity index (χ2v) is 9.09. The zero-order valence-corrected chi connectivity index (χ0v) is 17.2. The highest BCUT2D eigenvalue weighted by Crippen LogP contribution is 2.26. The lowest BCUT2D eigenvalue weighted by atomic mass is 9.99. The van der Waals surface area contributed by atoms with E-state index in [0.717, 1.165) is 15.6 Å². The van der Waals surface area contributed by atoms with E-state index in [2.05, 4.69) is 20.7 Å². The van der Waals surface area contributed by atoms with Crippen molar-refractivity contribution in [1.82, 2.24) is 4.90 Å². The van der Waals surface area contributed by atoms with Crippen LogP contribution in [0.2, 0.25) is 0 Å². The number of anilines is 1. The van der Waals surface area contributed by atoms with Gasteiger partial charge in [0.2, 0.25) is 0 Å². The monoisotopic (exact) mass is 460 g/mol. The summed E-state index contributed by atoms with van der Waals surface area (Å²) in [7, 11) is -3.69. The van der Waals surface area contributed by atoms with E-state index in [-0.39, 0.29) is 10.8 Å². The Labute approximate surface area is 171 Å². The second kappa shape index (κ2) is 7.44. The Bertz CT molecular complexity index is 1110. The van der Waals surface area contributed by atoms with Crippen molar-refractivity contribution in [2.75, 3.05) is 11.3 Å². The fourth-order valence-electron chi connectivity index (χ4n) is 3.18. The van der Waals surface area contributed by atoms with Crippen LogP contribution in [0.15, 0.2) is 74.6 Å². The maximum atomic E-state index is 12.6. The fourth-order valence-corrected chi connectivity index (χ4v) is 4.49. The number of benzene rings is 2. The summed E-state index contributed by atoms with van der Waals surface area (Å²) >= 11 is 3.30. The van der Waals surface area contributed by atoms with E-state index in [4.69, 9.17) is 4.42 Å². The molecule has 0 unspecified atom stereocenters. The van der Waals surface area contributed by atoms with Crippen molar-refractivity contribution in [2.24, 2.45) is 0 Å². The maximum absolute atomic E-state index is 12.6. The molecule has 0 spiro atoms. The van der Waals surface area contributed by atoms with Gasteiger partial charge < -0.3 is 9.32 Å². The van der Waals surface area contributed by atoms with Crippen molar-refractivity contribution >= 4 is 37.5 Å². The quantitative estimate of drug-likeness (QED) is 0.636. The molecule has 28 heavy (non-hydrogen) atoms. The molecule has 0 atom stereocenters. The number of carbonyl (C=O) groups is 1. The number of rotatable bonds is 4. The normalized spacial score (nSPS) is 13.8. The first-order chi connectivity index (χ1) is 13.4. The third kappa shape index (κ3) is 3.83. The van der Waals surface area contributed by atoms with Crippen molar-refractivity contribution < 1.29 is 17.6 Å². The molecule has 0 saturated carbocycles. The van der Waals surface area contributed by atoms with E-state index >= 15 is 0 Å². The molecule has 1 aromatic heterocycles. The number of furan rings is 1. The van der Waals surface area contributed by atoms with Gasteiger partial charge in [-0.1, -0.05) is 22.0 Å². The molecule has 1 aliphatic rings. The first-order valence-electron chi connectivity index (χ1n) is 8.65. The number of nitrogens with zero attached hydrogens (tertiary/aromatic N) is 1. The predicted molar refractivity (Wildman–Crippen MR) is 109 cm³/mol. The number of hydrogen-bond acceptors (Lipinski definition) is 4. The number of halogens is 1. The average Bonchev–Trinajstić information content (AvgIpc) is 3.21. The van der Waals surface area contributed by atoms with Crippen molar-refractivity contribution in [2.45, 2.75) is 17.9 Å². The van der Waals surface area contributed by atoms with E-state index < -0.39 is 10.0 Å². The van der Waals surface area contributed by atoms with E-state index in [1.54, 1.807) is 41.3 Å². The third-order valence-corrected chi connectivity index (χ3v) is 6.54. The number of hydrogen-bond donors (Lipinski definition) is 1. The summed E-state index contributed by atoms with van der Waals surface area (Å²) in [6, 6.07) is 15.2. The minimum Gasteiger partial charge on any atom is -0.459 e. The van der Waals surface area contributed by atoms with Gasteiger partial charge in [0.05, 0.1) is 11.2 Å². The smallest absolute Gasteiger partial charge is 0.289 e. The second-order valence-electron chi connectivity index (χ2n) is 6.50. The standard InChI is InChI=1S/C20H17BrN2O4S/c21-16-4-7-18(8-5-16)28(25,26)22-17-6-3-14-9-10-23(13-15(14)12-17)20(24)19-2-1-11-27-19/h1-8,11-12,22H,9-10,13H2. The third-order valence-electron chi connectivity index (χ3n) is 4.61.